The highest BCUT2D eigenvalue weighted by atomic mass is 19.1. The Labute approximate surface area is 732 Å². The molecule has 5 aromatic carbocycles. The zero-order chi connectivity index (χ0) is 91.3. The third-order valence-electron chi connectivity index (χ3n) is 26.3. The lowest BCUT2D eigenvalue weighted by Crippen LogP contribution is -2.59. The molecule has 0 radical (unpaired) electrons. The van der Waals surface area contributed by atoms with Crippen molar-refractivity contribution in [1.29, 1.82) is 0 Å². The summed E-state index contributed by atoms with van der Waals surface area (Å²) < 4.78 is 17.5. The number of nitrogens with one attached hydrogen (secondary N) is 8. The van der Waals surface area contributed by atoms with Gasteiger partial charge in [-0.1, -0.05) is 188 Å². The molecule has 19 rings (SSSR count). The standard InChI is InChI=1S/C21H26O4.C15H15N5O.2C15H18N4O.C14H15FN4O.C13H13N5O.C2H6/c1-12(22)21(25)9-7-16-15-5-4-13-10-14(23)6-8-19(13,2)18(15)17(24)11-20(16,21)3;1-2-5-10-6-3-4-7-11(10)8-20-9-17-12-13(20)18-15(16)19-14(12)21;2*1-8-5-3-4-6-10(8)9(2)11-7-17-13-12(11)18-15(16)19-14(13)20;1-7(8-4-2-3-5-10(8)15)9-6-17-12-11(9)18-14(16)19-13(12)20;1-8-4-2-3-5-9(8)6-18-7-15-10-11(18)16-13(14)17-12(10)19;1-2/h6,8,10,15-16,18,25H,4-5,7,9,11H2,1-3H3;2-7,9H,8H2,1H3,(H3,16,18,19,21);2*3-6,9,11,17H,7H2,1-2H3,(H3,16,18,19,20);2-5,7,9,17H,6H2,1H3,(H3,16,18,19,20);2-5,7H,6H2,1H3,(H3,14,16,17,19);1-2H3/b;5-2+;;;;;/t15-,16?,18+,19-,20-,21-;;2*9-,11?;7-,9?;;/m0.000../s1. The molecule has 662 valence electrons. The molecule has 12 aromatic rings. The number of imidazole rings is 2. The lowest BCUT2D eigenvalue weighted by Gasteiger charge is -2.56. The maximum absolute atomic E-state index is 13.9. The van der Waals surface area contributed by atoms with Crippen molar-refractivity contribution in [2.45, 2.75) is 169 Å². The van der Waals surface area contributed by atoms with E-state index in [4.69, 9.17) is 28.7 Å². The lowest BCUT2D eigenvalue weighted by molar-refractivity contribution is -0.165. The fourth-order valence-corrected chi connectivity index (χ4v) is 19.7. The summed E-state index contributed by atoms with van der Waals surface area (Å²) in [4.78, 5) is 138. The second-order valence-corrected chi connectivity index (χ2v) is 33.8. The number of aliphatic hydroxyl groups is 1. The summed E-state index contributed by atoms with van der Waals surface area (Å²) in [7, 11) is 0. The summed E-state index contributed by atoms with van der Waals surface area (Å²) >= 11 is 0. The number of anilines is 8. The van der Waals surface area contributed by atoms with Crippen molar-refractivity contribution < 1.29 is 23.9 Å². The molecule has 4 aliphatic carbocycles. The number of hydrogen-bond acceptors (Lipinski definition) is 24. The van der Waals surface area contributed by atoms with Crippen LogP contribution < -0.4 is 72.4 Å². The molecule has 127 heavy (non-hydrogen) atoms. The van der Waals surface area contributed by atoms with E-state index in [2.05, 4.69) is 135 Å². The number of nitrogen functional groups attached to an aromatic ring is 5. The van der Waals surface area contributed by atoms with Crippen molar-refractivity contribution in [3.63, 3.8) is 0 Å². The molecule has 10 heterocycles. The second-order valence-electron chi connectivity index (χ2n) is 33.8. The van der Waals surface area contributed by atoms with Gasteiger partial charge in [-0.15, -0.1) is 0 Å². The van der Waals surface area contributed by atoms with Crippen LogP contribution in [0.1, 0.15) is 197 Å². The van der Waals surface area contributed by atoms with E-state index in [0.717, 1.165) is 52.9 Å². The molecule has 12 atom stereocenters. The first-order chi connectivity index (χ1) is 60.7. The smallest absolute Gasteiger partial charge is 0.280 e. The first-order valence-corrected chi connectivity index (χ1v) is 42.8. The minimum Gasteiger partial charge on any atom is -0.381 e. The van der Waals surface area contributed by atoms with Crippen molar-refractivity contribution >= 4 is 92.6 Å². The molecule has 3 saturated carbocycles. The van der Waals surface area contributed by atoms with Gasteiger partial charge in [-0.25, -0.2) is 29.3 Å². The number of ketones is 3. The molecule has 7 aliphatic rings. The zero-order valence-electron chi connectivity index (χ0n) is 73.4. The van der Waals surface area contributed by atoms with E-state index < -0.39 is 16.4 Å². The van der Waals surface area contributed by atoms with Crippen molar-refractivity contribution in [2.75, 3.05) is 64.3 Å². The van der Waals surface area contributed by atoms with Gasteiger partial charge in [-0.05, 0) is 158 Å². The van der Waals surface area contributed by atoms with Gasteiger partial charge in [0, 0.05) is 60.6 Å². The fourth-order valence-electron chi connectivity index (χ4n) is 19.7. The molecule has 4 unspecified atom stereocenters. The first-order valence-electron chi connectivity index (χ1n) is 42.8. The Balaban J connectivity index is 0.000000130. The number of H-pyrrole nitrogens is 5. The number of fused-ring (bicyclic) bond motifs is 10. The SMILES string of the molecule is C/C=C/c1ccccc1Cn1cnc2c(=O)[nH]c(N)nc21.CC.CC(=O)[C@@]1(O)CCC2[C@@H]3CCC4=CC(=O)C=C[C@]4(C)[C@H]3C(=O)C[C@@]21C.C[C@@H](c1ccccc1F)C1CNc2c1nc(N)[nH]c2=O.Cc1ccccc1Cn1cnc2c(=O)[nH]c(N)nc21.Cc1ccccc1[C@H](C)C1CNc2c1nc(N)[nH]c2=O.Cc1ccccc1[C@H](C)C1CNc2c1nc(N)[nH]c2=O. The normalized spacial score (nSPS) is 21.8. The van der Waals surface area contributed by atoms with Crippen LogP contribution in [0.15, 0.2) is 188 Å². The zero-order valence-corrected chi connectivity index (χ0v) is 73.4. The van der Waals surface area contributed by atoms with E-state index in [9.17, 15) is 47.9 Å². The van der Waals surface area contributed by atoms with Gasteiger partial charge in [0.15, 0.2) is 33.9 Å². The number of aromatic amines is 5. The average Bonchev–Trinajstić information content (AvgIpc) is 1.60. The molecule has 3 aliphatic heterocycles. The van der Waals surface area contributed by atoms with Crippen LogP contribution in [-0.2, 0) is 27.5 Å². The number of Topliss-reactive ketones (excluding diaryl/α,β-unsaturated/α-hetero) is 2. The number of carbonyl (C=O) groups is 3. The minimum absolute atomic E-state index is 0.00541. The summed E-state index contributed by atoms with van der Waals surface area (Å²) in [6.07, 6.45) is 15.6. The molecular weight excluding hydrogens is 1610 g/mol. The van der Waals surface area contributed by atoms with Crippen LogP contribution in [0, 0.1) is 55.2 Å². The Morgan fingerprint density at radius 3 is 1.42 bits per heavy atom. The number of rotatable bonds is 12. The van der Waals surface area contributed by atoms with Gasteiger partial charge in [0.25, 0.3) is 27.8 Å². The molecule has 19 N–H and O–H groups in total. The van der Waals surface area contributed by atoms with Crippen LogP contribution in [0.4, 0.5) is 51.2 Å². The van der Waals surface area contributed by atoms with Crippen LogP contribution >= 0.6 is 0 Å². The Bertz CT molecular complexity index is 6290. The second kappa shape index (κ2) is 37.8. The fraction of sp³-hybridized carbons (Fsp3) is 0.358. The summed E-state index contributed by atoms with van der Waals surface area (Å²) in [5.74, 6) is 1.22. The highest BCUT2D eigenvalue weighted by Crippen LogP contribution is 2.66. The van der Waals surface area contributed by atoms with Gasteiger partial charge in [-0.2, -0.15) is 9.97 Å². The van der Waals surface area contributed by atoms with E-state index >= 15 is 0 Å². The quantitative estimate of drug-likeness (QED) is 0.0540. The molecule has 0 amide bonds. The highest BCUT2D eigenvalue weighted by Gasteiger charge is 2.68. The Morgan fingerprint density at radius 2 is 0.961 bits per heavy atom. The molecule has 7 aromatic heterocycles. The number of hydrogen-bond donors (Lipinski definition) is 14. The third-order valence-corrected chi connectivity index (χ3v) is 26.3. The molecule has 0 bridgehead atoms. The number of aryl methyl sites for hydroxylation is 3. The van der Waals surface area contributed by atoms with Crippen molar-refractivity contribution in [2.24, 2.45) is 28.6 Å². The number of halogens is 1. The number of allylic oxidation sites excluding steroid dienone is 5. The summed E-state index contributed by atoms with van der Waals surface area (Å²) in [6.45, 7) is 27.1. The predicted octanol–water partition coefficient (Wildman–Crippen LogP) is 12.4. The van der Waals surface area contributed by atoms with Gasteiger partial charge in [0.2, 0.25) is 29.7 Å². The van der Waals surface area contributed by atoms with Crippen molar-refractivity contribution in [3.05, 3.63) is 289 Å². The van der Waals surface area contributed by atoms with Crippen molar-refractivity contribution in [1.82, 2.24) is 68.9 Å². The van der Waals surface area contributed by atoms with Crippen LogP contribution in [0.5, 0.6) is 0 Å². The van der Waals surface area contributed by atoms with E-state index in [0.29, 0.717) is 89.8 Å². The number of aromatic nitrogens is 14. The molecule has 0 spiro atoms. The third kappa shape index (κ3) is 18.3. The number of nitrogens with zero attached hydrogens (tertiary/aromatic N) is 9. The van der Waals surface area contributed by atoms with Gasteiger partial charge < -0.3 is 58.9 Å². The van der Waals surface area contributed by atoms with E-state index in [1.54, 1.807) is 43.0 Å². The topological polar surface area (TPSA) is 502 Å². The average molecular weight is 1720 g/mol. The Hall–Kier alpha value is -14.0. The van der Waals surface area contributed by atoms with Gasteiger partial charge in [0.1, 0.15) is 34.3 Å². The van der Waals surface area contributed by atoms with Crippen LogP contribution in [0.25, 0.3) is 28.4 Å². The number of benzene rings is 5. The van der Waals surface area contributed by atoms with Crippen LogP contribution in [-0.4, -0.2) is 117 Å². The summed E-state index contributed by atoms with van der Waals surface area (Å²) in [5.41, 5.74) is 41.1. The molecule has 3 fully saturated rings. The van der Waals surface area contributed by atoms with E-state index in [-0.39, 0.29) is 140 Å². The largest absolute Gasteiger partial charge is 0.381 e. The van der Waals surface area contributed by atoms with Crippen LogP contribution in [0.2, 0.25) is 0 Å². The van der Waals surface area contributed by atoms with Gasteiger partial charge in [0.05, 0.1) is 42.8 Å². The lowest BCUT2D eigenvalue weighted by atomic mass is 9.46. The van der Waals surface area contributed by atoms with Gasteiger partial charge >= 0.3 is 0 Å². The maximum atomic E-state index is 13.9. The highest BCUT2D eigenvalue weighted by molar-refractivity contribution is 6.02. The molecule has 0 saturated heterocycles. The van der Waals surface area contributed by atoms with E-state index in [1.165, 1.54) is 40.8 Å². The summed E-state index contributed by atoms with van der Waals surface area (Å²) in [5, 5.41) is 20.4. The minimum atomic E-state index is -1.38. The first kappa shape index (κ1) is 90.7. The molecule has 32 heteroatoms. The monoisotopic (exact) mass is 1720 g/mol. The Morgan fingerprint density at radius 1 is 0.551 bits per heavy atom. The van der Waals surface area contributed by atoms with Gasteiger partial charge in [-0.3, -0.25) is 63.3 Å². The number of carbonyl (C=O) groups excluding carboxylic acids is 3. The van der Waals surface area contributed by atoms with Crippen LogP contribution in [0.3, 0.4) is 0 Å². The predicted molar refractivity (Wildman–Crippen MR) is 495 cm³/mol. The van der Waals surface area contributed by atoms with Crippen molar-refractivity contribution in [3.8, 4) is 0 Å². The Kier molecular flexibility index (Phi) is 27.0. The van der Waals surface area contributed by atoms with E-state index in [1.807, 2.05) is 142 Å². The molecular formula is C95H111FN22O9. The molecule has 31 nitrogen and oxygen atoms in total. The summed E-state index contributed by atoms with van der Waals surface area (Å²) in [6, 6.07) is 39.4. The number of nitrogens with two attached hydrogens (primary N) is 5. The maximum Gasteiger partial charge on any atom is 0.280 e.